The van der Waals surface area contributed by atoms with Crippen LogP contribution in [0, 0.1) is 0 Å². The molecule has 0 aromatic heterocycles. The molecular weight excluding hydrogens is 246 g/mol. The van der Waals surface area contributed by atoms with Crippen molar-refractivity contribution in [1.82, 2.24) is 15.1 Å². The molecule has 20 heavy (non-hydrogen) atoms. The van der Waals surface area contributed by atoms with Gasteiger partial charge in [0.05, 0.1) is 0 Å². The average molecular weight is 281 g/mol. The zero-order valence-electron chi connectivity index (χ0n) is 14.1. The maximum atomic E-state index is 3.67. The molecule has 2 bridgehead atoms. The van der Waals surface area contributed by atoms with E-state index in [9.17, 15) is 0 Å². The maximum Gasteiger partial charge on any atom is 0.0114 e. The van der Waals surface area contributed by atoms with Gasteiger partial charge >= 0.3 is 0 Å². The highest BCUT2D eigenvalue weighted by atomic mass is 15.2. The van der Waals surface area contributed by atoms with Gasteiger partial charge in [-0.1, -0.05) is 6.92 Å². The van der Waals surface area contributed by atoms with E-state index in [0.29, 0.717) is 6.04 Å². The summed E-state index contributed by atoms with van der Waals surface area (Å²) in [5.74, 6) is 0. The number of rotatable bonds is 8. The average Bonchev–Trinajstić information content (AvgIpc) is 2.65. The molecule has 3 nitrogen and oxygen atoms in total. The first-order chi connectivity index (χ1) is 9.61. The Morgan fingerprint density at radius 1 is 1.15 bits per heavy atom. The first kappa shape index (κ1) is 16.3. The molecule has 2 rings (SSSR count). The highest BCUT2D eigenvalue weighted by molar-refractivity contribution is 4.97. The summed E-state index contributed by atoms with van der Waals surface area (Å²) in [6.45, 7) is 10.5. The molecule has 2 unspecified atom stereocenters. The Labute approximate surface area is 126 Å². The summed E-state index contributed by atoms with van der Waals surface area (Å²) in [6, 6.07) is 3.23. The van der Waals surface area contributed by atoms with Crippen LogP contribution in [0.4, 0.5) is 0 Å². The second-order valence-electron chi connectivity index (χ2n) is 7.13. The van der Waals surface area contributed by atoms with Gasteiger partial charge in [-0.05, 0) is 79.1 Å². The lowest BCUT2D eigenvalue weighted by atomic mass is 9.97. The fourth-order valence-corrected chi connectivity index (χ4v) is 4.01. The van der Waals surface area contributed by atoms with Crippen LogP contribution >= 0.6 is 0 Å². The first-order valence-electron chi connectivity index (χ1n) is 8.81. The van der Waals surface area contributed by atoms with Gasteiger partial charge in [0, 0.05) is 24.2 Å². The summed E-state index contributed by atoms with van der Waals surface area (Å²) in [5.41, 5.74) is 0. The van der Waals surface area contributed by atoms with E-state index in [-0.39, 0.29) is 0 Å². The predicted molar refractivity (Wildman–Crippen MR) is 87.2 cm³/mol. The van der Waals surface area contributed by atoms with Crippen LogP contribution < -0.4 is 5.32 Å². The number of fused-ring (bicyclic) bond motifs is 2. The lowest BCUT2D eigenvalue weighted by molar-refractivity contribution is 0.113. The molecular formula is C17H35N3. The maximum absolute atomic E-state index is 3.67. The van der Waals surface area contributed by atoms with E-state index in [4.69, 9.17) is 0 Å². The largest absolute Gasteiger partial charge is 0.314 e. The molecule has 0 radical (unpaired) electrons. The summed E-state index contributed by atoms with van der Waals surface area (Å²) >= 11 is 0. The predicted octanol–water partition coefficient (Wildman–Crippen LogP) is 2.71. The molecule has 2 saturated heterocycles. The number of piperidine rings is 1. The normalized spacial score (nSPS) is 30.6. The van der Waals surface area contributed by atoms with E-state index in [0.717, 1.165) is 24.7 Å². The van der Waals surface area contributed by atoms with Crippen molar-refractivity contribution in [2.75, 3.05) is 26.7 Å². The van der Waals surface area contributed by atoms with Gasteiger partial charge in [-0.25, -0.2) is 0 Å². The number of hydrogen-bond acceptors (Lipinski definition) is 3. The molecule has 2 atom stereocenters. The third-order valence-electron chi connectivity index (χ3n) is 5.44. The summed E-state index contributed by atoms with van der Waals surface area (Å²) < 4.78 is 0. The highest BCUT2D eigenvalue weighted by Crippen LogP contribution is 2.35. The van der Waals surface area contributed by atoms with Crippen LogP contribution in [0.5, 0.6) is 0 Å². The van der Waals surface area contributed by atoms with E-state index in [2.05, 4.69) is 42.9 Å². The SMILES string of the molecule is CCNC1CC2CCC(C1)N2CCCCN(C)C(C)C. The van der Waals surface area contributed by atoms with Crippen molar-refractivity contribution in [3.8, 4) is 0 Å². The fraction of sp³-hybridized carbons (Fsp3) is 1.00. The second kappa shape index (κ2) is 7.77. The Balaban J connectivity index is 1.67. The van der Waals surface area contributed by atoms with E-state index in [1.807, 2.05) is 0 Å². The molecule has 2 fully saturated rings. The van der Waals surface area contributed by atoms with Gasteiger partial charge in [-0.3, -0.25) is 4.90 Å². The van der Waals surface area contributed by atoms with Crippen molar-refractivity contribution in [3.63, 3.8) is 0 Å². The van der Waals surface area contributed by atoms with Gasteiger partial charge in [-0.15, -0.1) is 0 Å². The van der Waals surface area contributed by atoms with Gasteiger partial charge < -0.3 is 10.2 Å². The van der Waals surface area contributed by atoms with Crippen molar-refractivity contribution in [2.24, 2.45) is 0 Å². The van der Waals surface area contributed by atoms with Crippen LogP contribution in [0.15, 0.2) is 0 Å². The van der Waals surface area contributed by atoms with E-state index in [1.54, 1.807) is 0 Å². The molecule has 1 N–H and O–H groups in total. The Morgan fingerprint density at radius 2 is 1.80 bits per heavy atom. The Bertz CT molecular complexity index is 265. The van der Waals surface area contributed by atoms with Gasteiger partial charge in [0.15, 0.2) is 0 Å². The van der Waals surface area contributed by atoms with Crippen LogP contribution in [0.3, 0.4) is 0 Å². The molecule has 2 aliphatic rings. The summed E-state index contributed by atoms with van der Waals surface area (Å²) in [4.78, 5) is 5.30. The van der Waals surface area contributed by atoms with Crippen molar-refractivity contribution in [2.45, 2.75) is 83.5 Å². The number of nitrogens with one attached hydrogen (secondary N) is 1. The molecule has 0 aromatic rings. The minimum Gasteiger partial charge on any atom is -0.314 e. The molecule has 0 amide bonds. The van der Waals surface area contributed by atoms with Crippen molar-refractivity contribution < 1.29 is 0 Å². The monoisotopic (exact) mass is 281 g/mol. The standard InChI is InChI=1S/C17H35N3/c1-5-18-15-12-16-8-9-17(13-15)20(16)11-7-6-10-19(4)14(2)3/h14-18H,5-13H2,1-4H3. The van der Waals surface area contributed by atoms with Crippen molar-refractivity contribution in [1.29, 1.82) is 0 Å². The molecule has 0 aliphatic carbocycles. The number of unbranched alkanes of at least 4 members (excludes halogenated alkanes) is 1. The minimum atomic E-state index is 0.682. The molecule has 0 spiro atoms. The van der Waals surface area contributed by atoms with Gasteiger partial charge in [0.25, 0.3) is 0 Å². The van der Waals surface area contributed by atoms with Crippen molar-refractivity contribution in [3.05, 3.63) is 0 Å². The molecule has 118 valence electrons. The third kappa shape index (κ3) is 4.19. The first-order valence-corrected chi connectivity index (χ1v) is 8.81. The van der Waals surface area contributed by atoms with Crippen LogP contribution in [-0.2, 0) is 0 Å². The summed E-state index contributed by atoms with van der Waals surface area (Å²) in [5, 5.41) is 3.67. The van der Waals surface area contributed by atoms with E-state index in [1.165, 1.54) is 51.6 Å². The molecule has 2 heterocycles. The van der Waals surface area contributed by atoms with E-state index >= 15 is 0 Å². The minimum absolute atomic E-state index is 0.682. The topological polar surface area (TPSA) is 18.5 Å². The molecule has 2 aliphatic heterocycles. The zero-order valence-corrected chi connectivity index (χ0v) is 14.1. The number of hydrogen-bond donors (Lipinski definition) is 1. The van der Waals surface area contributed by atoms with Gasteiger partial charge in [0.2, 0.25) is 0 Å². The van der Waals surface area contributed by atoms with Gasteiger partial charge in [-0.2, -0.15) is 0 Å². The Morgan fingerprint density at radius 3 is 2.35 bits per heavy atom. The van der Waals surface area contributed by atoms with Gasteiger partial charge in [0.1, 0.15) is 0 Å². The van der Waals surface area contributed by atoms with Crippen molar-refractivity contribution >= 4 is 0 Å². The van der Waals surface area contributed by atoms with Crippen LogP contribution in [0.1, 0.15) is 59.3 Å². The van der Waals surface area contributed by atoms with E-state index < -0.39 is 0 Å². The molecule has 0 aromatic carbocycles. The summed E-state index contributed by atoms with van der Waals surface area (Å²) in [7, 11) is 2.25. The quantitative estimate of drug-likeness (QED) is 0.690. The number of nitrogens with zero attached hydrogens (tertiary/aromatic N) is 2. The zero-order chi connectivity index (χ0) is 14.5. The second-order valence-corrected chi connectivity index (χ2v) is 7.13. The Hall–Kier alpha value is -0.120. The third-order valence-corrected chi connectivity index (χ3v) is 5.44. The van der Waals surface area contributed by atoms with Crippen LogP contribution in [-0.4, -0.2) is 60.6 Å². The molecule has 0 saturated carbocycles. The lowest BCUT2D eigenvalue weighted by Gasteiger charge is -2.39. The fourth-order valence-electron chi connectivity index (χ4n) is 4.01. The highest BCUT2D eigenvalue weighted by Gasteiger charge is 2.39. The van der Waals surface area contributed by atoms with Crippen LogP contribution in [0.2, 0.25) is 0 Å². The smallest absolute Gasteiger partial charge is 0.0114 e. The lowest BCUT2D eigenvalue weighted by Crippen LogP contribution is -2.49. The van der Waals surface area contributed by atoms with Crippen LogP contribution in [0.25, 0.3) is 0 Å². The summed E-state index contributed by atoms with van der Waals surface area (Å²) in [6.07, 6.45) is 8.38. The molecule has 3 heteroatoms. The Kier molecular flexibility index (Phi) is 6.31.